The van der Waals surface area contributed by atoms with E-state index in [-0.39, 0.29) is 17.4 Å². The number of rotatable bonds is 5. The van der Waals surface area contributed by atoms with Gasteiger partial charge in [0.2, 0.25) is 15.9 Å². The summed E-state index contributed by atoms with van der Waals surface area (Å²) in [6, 6.07) is 10.1. The average Bonchev–Trinajstić information content (AvgIpc) is 2.46. The van der Waals surface area contributed by atoms with E-state index in [4.69, 9.17) is 0 Å². The molecule has 23 heavy (non-hydrogen) atoms. The summed E-state index contributed by atoms with van der Waals surface area (Å²) >= 11 is 0. The Morgan fingerprint density at radius 1 is 1.22 bits per heavy atom. The second-order valence-electron chi connectivity index (χ2n) is 6.97. The van der Waals surface area contributed by atoms with Crippen LogP contribution >= 0.6 is 0 Å². The zero-order valence-electron chi connectivity index (χ0n) is 14.1. The highest BCUT2D eigenvalue weighted by molar-refractivity contribution is 7.88. The average molecular weight is 338 g/mol. The number of nitrogens with zero attached hydrogens (tertiary/aromatic N) is 1. The first-order chi connectivity index (χ1) is 10.7. The van der Waals surface area contributed by atoms with Gasteiger partial charge in [-0.05, 0) is 38.7 Å². The number of benzene rings is 1. The van der Waals surface area contributed by atoms with E-state index in [1.165, 1.54) is 16.1 Å². The van der Waals surface area contributed by atoms with Crippen molar-refractivity contribution < 1.29 is 13.2 Å². The highest BCUT2D eigenvalue weighted by Gasteiger charge is 2.31. The minimum atomic E-state index is -3.15. The molecule has 2 rings (SSSR count). The van der Waals surface area contributed by atoms with Crippen molar-refractivity contribution in [1.29, 1.82) is 0 Å². The Morgan fingerprint density at radius 3 is 2.30 bits per heavy atom. The number of piperidine rings is 1. The van der Waals surface area contributed by atoms with Crippen molar-refractivity contribution in [3.8, 4) is 0 Å². The molecule has 1 aromatic rings. The van der Waals surface area contributed by atoms with Gasteiger partial charge in [-0.1, -0.05) is 30.3 Å². The smallest absolute Gasteiger partial charge is 0.223 e. The molecule has 5 nitrogen and oxygen atoms in total. The molecule has 1 N–H and O–H groups in total. The molecule has 1 heterocycles. The summed E-state index contributed by atoms with van der Waals surface area (Å²) in [4.78, 5) is 12.5. The SMILES string of the molecule is CC(C)(Cc1ccccc1)NC(=O)C1CCN(S(C)(=O)=O)CC1. The van der Waals surface area contributed by atoms with Gasteiger partial charge in [-0.25, -0.2) is 12.7 Å². The van der Waals surface area contributed by atoms with E-state index in [2.05, 4.69) is 17.4 Å². The standard InChI is InChI=1S/C17H26N2O3S/c1-17(2,13-14-7-5-4-6-8-14)18-16(20)15-9-11-19(12-10-15)23(3,21)22/h4-8,15H,9-13H2,1-3H3,(H,18,20). The molecule has 0 spiro atoms. The minimum Gasteiger partial charge on any atom is -0.351 e. The fourth-order valence-corrected chi connectivity index (χ4v) is 3.91. The van der Waals surface area contributed by atoms with E-state index in [9.17, 15) is 13.2 Å². The van der Waals surface area contributed by atoms with Gasteiger partial charge in [-0.15, -0.1) is 0 Å². The quantitative estimate of drug-likeness (QED) is 0.890. The van der Waals surface area contributed by atoms with Crippen LogP contribution in [0.25, 0.3) is 0 Å². The van der Waals surface area contributed by atoms with E-state index < -0.39 is 10.0 Å². The van der Waals surface area contributed by atoms with Gasteiger partial charge in [0.15, 0.2) is 0 Å². The van der Waals surface area contributed by atoms with Gasteiger partial charge >= 0.3 is 0 Å². The molecule has 1 amide bonds. The number of carbonyl (C=O) groups is 1. The Hall–Kier alpha value is -1.40. The lowest BCUT2D eigenvalue weighted by Crippen LogP contribution is -2.50. The maximum Gasteiger partial charge on any atom is 0.223 e. The van der Waals surface area contributed by atoms with Gasteiger partial charge in [0, 0.05) is 24.5 Å². The fraction of sp³-hybridized carbons (Fsp3) is 0.588. The molecule has 0 aliphatic carbocycles. The molecule has 0 aromatic heterocycles. The summed E-state index contributed by atoms with van der Waals surface area (Å²) in [7, 11) is -3.15. The Kier molecular flexibility index (Phi) is 5.47. The molecule has 1 aromatic carbocycles. The van der Waals surface area contributed by atoms with Crippen molar-refractivity contribution in [2.75, 3.05) is 19.3 Å². The largest absolute Gasteiger partial charge is 0.351 e. The third kappa shape index (κ3) is 5.32. The third-order valence-corrected chi connectivity index (χ3v) is 5.55. The molecule has 1 saturated heterocycles. The summed E-state index contributed by atoms with van der Waals surface area (Å²) in [6.45, 7) is 4.89. The highest BCUT2D eigenvalue weighted by Crippen LogP contribution is 2.21. The van der Waals surface area contributed by atoms with Crippen LogP contribution < -0.4 is 5.32 Å². The van der Waals surface area contributed by atoms with Crippen LogP contribution in [0.15, 0.2) is 30.3 Å². The third-order valence-electron chi connectivity index (χ3n) is 4.24. The Balaban J connectivity index is 1.89. The molecule has 1 aliphatic rings. The second kappa shape index (κ2) is 7.01. The van der Waals surface area contributed by atoms with Crippen molar-refractivity contribution in [2.45, 2.75) is 38.6 Å². The van der Waals surface area contributed by atoms with Crippen LogP contribution in [0.2, 0.25) is 0 Å². The number of hydrogen-bond acceptors (Lipinski definition) is 3. The molecule has 0 bridgehead atoms. The molecule has 1 fully saturated rings. The zero-order valence-corrected chi connectivity index (χ0v) is 14.9. The van der Waals surface area contributed by atoms with E-state index >= 15 is 0 Å². The predicted molar refractivity (Wildman–Crippen MR) is 91.5 cm³/mol. The van der Waals surface area contributed by atoms with E-state index in [1.54, 1.807) is 0 Å². The van der Waals surface area contributed by atoms with E-state index in [0.717, 1.165) is 6.42 Å². The van der Waals surface area contributed by atoms with Gasteiger partial charge in [0.1, 0.15) is 0 Å². The zero-order chi connectivity index (χ0) is 17.1. The van der Waals surface area contributed by atoms with Crippen LogP contribution in [0.4, 0.5) is 0 Å². The monoisotopic (exact) mass is 338 g/mol. The van der Waals surface area contributed by atoms with Crippen LogP contribution in [0.5, 0.6) is 0 Å². The van der Waals surface area contributed by atoms with Crippen LogP contribution in [0, 0.1) is 5.92 Å². The van der Waals surface area contributed by atoms with Gasteiger partial charge in [0.25, 0.3) is 0 Å². The molecular formula is C17H26N2O3S. The Labute approximate surface area is 139 Å². The maximum absolute atomic E-state index is 12.5. The summed E-state index contributed by atoms with van der Waals surface area (Å²) in [5.74, 6) is -0.0814. The first-order valence-corrected chi connectivity index (χ1v) is 9.83. The Morgan fingerprint density at radius 2 is 1.78 bits per heavy atom. The number of amides is 1. The number of carbonyl (C=O) groups excluding carboxylic acids is 1. The molecule has 6 heteroatoms. The lowest BCUT2D eigenvalue weighted by molar-refractivity contribution is -0.127. The summed E-state index contributed by atoms with van der Waals surface area (Å²) in [5, 5.41) is 3.12. The lowest BCUT2D eigenvalue weighted by Gasteiger charge is -2.33. The molecule has 128 valence electrons. The highest BCUT2D eigenvalue weighted by atomic mass is 32.2. The normalized spacial score (nSPS) is 17.9. The summed E-state index contributed by atoms with van der Waals surface area (Å²) < 4.78 is 24.5. The number of sulfonamides is 1. The first-order valence-electron chi connectivity index (χ1n) is 7.98. The lowest BCUT2D eigenvalue weighted by atomic mass is 9.91. The van der Waals surface area contributed by atoms with E-state index in [0.29, 0.717) is 25.9 Å². The summed E-state index contributed by atoms with van der Waals surface area (Å²) in [6.07, 6.45) is 3.15. The minimum absolute atomic E-state index is 0.0269. The van der Waals surface area contributed by atoms with Gasteiger partial charge in [0.05, 0.1) is 6.26 Å². The van der Waals surface area contributed by atoms with Crippen LogP contribution in [-0.2, 0) is 21.2 Å². The fourth-order valence-electron chi connectivity index (χ4n) is 3.04. The summed E-state index contributed by atoms with van der Waals surface area (Å²) in [5.41, 5.74) is 0.858. The second-order valence-corrected chi connectivity index (χ2v) is 8.95. The molecule has 0 atom stereocenters. The van der Waals surface area contributed by atoms with Crippen molar-refractivity contribution in [3.63, 3.8) is 0 Å². The van der Waals surface area contributed by atoms with Crippen molar-refractivity contribution in [2.24, 2.45) is 5.92 Å². The Bertz CT molecular complexity index is 633. The van der Waals surface area contributed by atoms with Crippen LogP contribution in [0.1, 0.15) is 32.3 Å². The molecule has 0 unspecified atom stereocenters. The van der Waals surface area contributed by atoms with Gasteiger partial charge in [-0.2, -0.15) is 0 Å². The molecular weight excluding hydrogens is 312 g/mol. The molecule has 1 aliphatic heterocycles. The first kappa shape index (κ1) is 17.9. The topological polar surface area (TPSA) is 66.5 Å². The van der Waals surface area contributed by atoms with Gasteiger partial charge in [-0.3, -0.25) is 4.79 Å². The van der Waals surface area contributed by atoms with Crippen molar-refractivity contribution >= 4 is 15.9 Å². The van der Waals surface area contributed by atoms with Gasteiger partial charge < -0.3 is 5.32 Å². The predicted octanol–water partition coefficient (Wildman–Crippen LogP) is 1.80. The maximum atomic E-state index is 12.5. The van der Waals surface area contributed by atoms with Crippen molar-refractivity contribution in [1.82, 2.24) is 9.62 Å². The van der Waals surface area contributed by atoms with Crippen LogP contribution in [0.3, 0.4) is 0 Å². The van der Waals surface area contributed by atoms with E-state index in [1.807, 2.05) is 32.0 Å². The molecule has 0 saturated carbocycles. The van der Waals surface area contributed by atoms with Crippen molar-refractivity contribution in [3.05, 3.63) is 35.9 Å². The number of nitrogens with one attached hydrogen (secondary N) is 1. The molecule has 0 radical (unpaired) electrons. The number of hydrogen-bond donors (Lipinski definition) is 1. The van der Waals surface area contributed by atoms with Crippen LogP contribution in [-0.4, -0.2) is 43.5 Å².